The summed E-state index contributed by atoms with van der Waals surface area (Å²) in [5, 5.41) is 9.07. The van der Waals surface area contributed by atoms with Crippen LogP contribution in [-0.4, -0.2) is 54.2 Å². The number of carboxylic acid groups (broad SMARTS) is 1. The number of hydrogen-bond acceptors (Lipinski definition) is 5. The molecule has 2 heterocycles. The van der Waals surface area contributed by atoms with Crippen LogP contribution in [0.15, 0.2) is 45.9 Å². The maximum atomic E-state index is 12.6. The van der Waals surface area contributed by atoms with Crippen LogP contribution >= 0.6 is 24.0 Å². The number of para-hydroxylation sites is 1. The zero-order valence-electron chi connectivity index (χ0n) is 24.1. The number of thiocarbonyl (C=S) groups is 1. The fraction of sp³-hybridized carbons (Fsp3) is 0.594. The minimum atomic E-state index is -1.06. The van der Waals surface area contributed by atoms with Gasteiger partial charge in [-0.15, -0.1) is 0 Å². The Morgan fingerprint density at radius 3 is 1.98 bits per heavy atom. The Hall–Kier alpha value is -1.60. The monoisotopic (exact) mass is 650 g/mol. The molecule has 0 aliphatic carbocycles. The fourth-order valence-corrected chi connectivity index (χ4v) is 8.64. The quantitative estimate of drug-likeness (QED) is 0.0674. The summed E-state index contributed by atoms with van der Waals surface area (Å²) < 4.78 is 2.91. The third-order valence-corrected chi connectivity index (χ3v) is 11.2. The summed E-state index contributed by atoms with van der Waals surface area (Å²) in [6, 6.07) is 8.57. The third-order valence-electron chi connectivity index (χ3n) is 7.42. The molecule has 220 valence electrons. The molecule has 5 nitrogen and oxygen atoms in total. The van der Waals surface area contributed by atoms with Crippen molar-refractivity contribution in [3.05, 3.63) is 45.9 Å². The van der Waals surface area contributed by atoms with Crippen LogP contribution in [0, 0.1) is 0 Å². The van der Waals surface area contributed by atoms with E-state index in [1.165, 1.54) is 123 Å². The van der Waals surface area contributed by atoms with Crippen molar-refractivity contribution in [1.82, 2.24) is 4.90 Å². The van der Waals surface area contributed by atoms with E-state index in [4.69, 9.17) is 17.3 Å². The first-order valence-corrected chi connectivity index (χ1v) is 18.2. The number of nitrogens with zero attached hydrogens (tertiary/aromatic N) is 2. The second kappa shape index (κ2) is 18.8. The van der Waals surface area contributed by atoms with E-state index < -0.39 is 5.97 Å². The molecule has 1 aromatic carbocycles. The molecule has 2 aliphatic heterocycles. The Kier molecular flexibility index (Phi) is 15.4. The Morgan fingerprint density at radius 2 is 1.40 bits per heavy atom. The number of benzene rings is 1. The van der Waals surface area contributed by atoms with Crippen LogP contribution in [0.4, 0.5) is 5.69 Å². The van der Waals surface area contributed by atoms with E-state index in [0.29, 0.717) is 9.23 Å². The van der Waals surface area contributed by atoms with Crippen LogP contribution in [0.1, 0.15) is 110 Å². The van der Waals surface area contributed by atoms with E-state index in [-0.39, 0.29) is 27.4 Å². The van der Waals surface area contributed by atoms with Crippen molar-refractivity contribution >= 4 is 65.3 Å². The number of carbonyl (C=O) groups excluding carboxylic acids is 1. The molecule has 0 spiro atoms. The second-order valence-electron chi connectivity index (χ2n) is 10.7. The van der Waals surface area contributed by atoms with Crippen molar-refractivity contribution in [1.29, 1.82) is 0 Å². The molecule has 1 aromatic rings. The van der Waals surface area contributed by atoms with Gasteiger partial charge in [-0.05, 0) is 0 Å². The summed E-state index contributed by atoms with van der Waals surface area (Å²) in [6.45, 7) is 2.87. The molecule has 2 aliphatic rings. The maximum absolute atomic E-state index is 12.6. The summed E-state index contributed by atoms with van der Waals surface area (Å²) in [4.78, 5) is 27.8. The van der Waals surface area contributed by atoms with Gasteiger partial charge in [-0.1, -0.05) is 51.9 Å². The molecule has 1 amide bonds. The van der Waals surface area contributed by atoms with Gasteiger partial charge in [0.2, 0.25) is 0 Å². The van der Waals surface area contributed by atoms with Crippen molar-refractivity contribution in [2.75, 3.05) is 18.0 Å². The van der Waals surface area contributed by atoms with E-state index in [9.17, 15) is 9.59 Å². The van der Waals surface area contributed by atoms with Crippen LogP contribution in [0.25, 0.3) is 0 Å². The zero-order chi connectivity index (χ0) is 28.6. The molecule has 0 atom stereocenters. The molecule has 1 N–H and O–H groups in total. The summed E-state index contributed by atoms with van der Waals surface area (Å²) in [7, 11) is 0. The molecule has 8 heteroatoms. The number of thioether (sulfide) groups is 1. The van der Waals surface area contributed by atoms with E-state index in [2.05, 4.69) is 36.1 Å². The number of amides is 1. The second-order valence-corrected chi connectivity index (χ2v) is 14.6. The minimum absolute atomic E-state index is 0.177. The molecule has 1 fully saturated rings. The van der Waals surface area contributed by atoms with Crippen molar-refractivity contribution in [3.63, 3.8) is 0 Å². The van der Waals surface area contributed by atoms with Gasteiger partial charge in [0.05, 0.1) is 0 Å². The number of fused-ring (bicyclic) bond motifs is 1. The Labute approximate surface area is 257 Å². The van der Waals surface area contributed by atoms with Crippen molar-refractivity contribution in [2.24, 2.45) is 0 Å². The van der Waals surface area contributed by atoms with Crippen molar-refractivity contribution in [3.8, 4) is 0 Å². The molecule has 0 aromatic heterocycles. The predicted molar refractivity (Wildman–Crippen MR) is 174 cm³/mol. The average molecular weight is 650 g/mol. The van der Waals surface area contributed by atoms with Crippen molar-refractivity contribution < 1.29 is 14.7 Å². The Balaban J connectivity index is 1.35. The number of anilines is 1. The van der Waals surface area contributed by atoms with Gasteiger partial charge in [-0.3, -0.25) is 0 Å². The van der Waals surface area contributed by atoms with Gasteiger partial charge in [0.25, 0.3) is 0 Å². The van der Waals surface area contributed by atoms with Crippen LogP contribution in [-0.2, 0) is 9.59 Å². The molecular formula is C32H46N2O3S2Se. The Bertz CT molecular complexity index is 1040. The summed E-state index contributed by atoms with van der Waals surface area (Å²) >= 11 is 6.59. The summed E-state index contributed by atoms with van der Waals surface area (Å²) in [5.41, 5.74) is 1.28. The molecule has 40 heavy (non-hydrogen) atoms. The van der Waals surface area contributed by atoms with Crippen LogP contribution in [0.3, 0.4) is 0 Å². The van der Waals surface area contributed by atoms with E-state index >= 15 is 0 Å². The number of unbranched alkanes of at least 4 members (excludes halogenated alkanes) is 15. The number of carbonyl (C=O) groups is 2. The third kappa shape index (κ3) is 11.0. The Morgan fingerprint density at radius 1 is 0.850 bits per heavy atom. The van der Waals surface area contributed by atoms with Gasteiger partial charge in [0.1, 0.15) is 0 Å². The van der Waals surface area contributed by atoms with E-state index in [0.717, 1.165) is 17.9 Å². The van der Waals surface area contributed by atoms with Crippen LogP contribution in [0.5, 0.6) is 0 Å². The first kappa shape index (κ1) is 32.9. The molecule has 3 rings (SSSR count). The average Bonchev–Trinajstić information content (AvgIpc) is 3.42. The predicted octanol–water partition coefficient (Wildman–Crippen LogP) is 7.77. The first-order chi connectivity index (χ1) is 19.5. The summed E-state index contributed by atoms with van der Waals surface area (Å²) in [5.74, 6) is -1.38. The standard InChI is InChI=1S/C32H46N2O3S2Se/c1-2-3-4-5-6-7-8-9-10-11-12-13-14-15-16-19-24-33-26-20-17-18-21-28(26)40-29(33)23-22-27-31(37)34(25-30(35)36)32(38)39-27/h17-18,20-23H,2-16,19,24-25H2,1H3,(H,35,36). The number of rotatable bonds is 20. The number of aliphatic carboxylic acids is 1. The molecule has 1 saturated heterocycles. The topological polar surface area (TPSA) is 60.9 Å². The summed E-state index contributed by atoms with van der Waals surface area (Å²) in [6.07, 6.45) is 25.7. The van der Waals surface area contributed by atoms with E-state index in [1.807, 2.05) is 12.2 Å². The SMILES string of the molecule is CCCCCCCCCCCCCCCCCCN1C(=CC=C2SC(=S)N(CC(=O)O)C2=O)[Se]c2ccccc21. The van der Waals surface area contributed by atoms with Crippen LogP contribution in [0.2, 0.25) is 0 Å². The molecular weight excluding hydrogens is 603 g/mol. The molecule has 0 saturated carbocycles. The van der Waals surface area contributed by atoms with Crippen molar-refractivity contribution in [2.45, 2.75) is 110 Å². The van der Waals surface area contributed by atoms with Gasteiger partial charge in [0.15, 0.2) is 0 Å². The van der Waals surface area contributed by atoms with Crippen LogP contribution < -0.4 is 9.36 Å². The van der Waals surface area contributed by atoms with Gasteiger partial charge >= 0.3 is 207 Å². The van der Waals surface area contributed by atoms with Gasteiger partial charge < -0.3 is 0 Å². The normalized spacial score (nSPS) is 17.0. The first-order valence-electron chi connectivity index (χ1n) is 15.2. The van der Waals surface area contributed by atoms with E-state index in [1.54, 1.807) is 0 Å². The van der Waals surface area contributed by atoms with Gasteiger partial charge in [-0.2, -0.15) is 0 Å². The molecule has 0 radical (unpaired) electrons. The number of carboxylic acids is 1. The zero-order valence-corrected chi connectivity index (χ0v) is 27.4. The fourth-order valence-electron chi connectivity index (χ4n) is 5.16. The number of hydrogen-bond donors (Lipinski definition) is 1. The van der Waals surface area contributed by atoms with Gasteiger partial charge in [-0.25, -0.2) is 0 Å². The molecule has 0 bridgehead atoms. The number of allylic oxidation sites excluding steroid dienone is 2. The molecule has 0 unspecified atom stereocenters. The van der Waals surface area contributed by atoms with Gasteiger partial charge in [0, 0.05) is 0 Å².